The number of esters is 1. The van der Waals surface area contributed by atoms with Crippen LogP contribution >= 0.6 is 11.3 Å². The Morgan fingerprint density at radius 1 is 1.05 bits per heavy atom. The van der Waals surface area contributed by atoms with Crippen LogP contribution in [0.3, 0.4) is 0 Å². The van der Waals surface area contributed by atoms with Crippen molar-refractivity contribution in [2.45, 2.75) is 17.5 Å². The number of aromatic nitrogens is 2. The zero-order valence-electron chi connectivity index (χ0n) is 21.4. The van der Waals surface area contributed by atoms with Gasteiger partial charge < -0.3 is 15.0 Å². The first-order chi connectivity index (χ1) is 19.9. The van der Waals surface area contributed by atoms with E-state index in [1.165, 1.54) is 17.3 Å². The number of pyridine rings is 1. The summed E-state index contributed by atoms with van der Waals surface area (Å²) in [5, 5.41) is 2.14. The average Bonchev–Trinajstić information content (AvgIpc) is 3.48. The molecule has 1 fully saturated rings. The minimum absolute atomic E-state index is 0.0213. The quantitative estimate of drug-likeness (QED) is 0.191. The second-order valence-corrected chi connectivity index (χ2v) is 11.9. The van der Waals surface area contributed by atoms with Gasteiger partial charge in [0.1, 0.15) is 11.4 Å². The number of rotatable bonds is 7. The molecule has 12 heteroatoms. The first kappa shape index (κ1) is 26.8. The van der Waals surface area contributed by atoms with E-state index in [0.717, 1.165) is 22.5 Å². The molecule has 0 saturated carbocycles. The van der Waals surface area contributed by atoms with Gasteiger partial charge in [-0.25, -0.2) is 9.78 Å². The second-order valence-electron chi connectivity index (χ2n) is 9.31. The molecule has 10 nitrogen and oxygen atoms in total. The summed E-state index contributed by atoms with van der Waals surface area (Å²) in [4.78, 5) is 49.4. The number of hydrogen-bond donors (Lipinski definition) is 2. The number of benzene rings is 2. The summed E-state index contributed by atoms with van der Waals surface area (Å²) in [6, 6.07) is 20.8. The minimum atomic E-state index is -1.56. The van der Waals surface area contributed by atoms with Crippen LogP contribution in [0.25, 0.3) is 5.57 Å². The maximum atomic E-state index is 14.0. The van der Waals surface area contributed by atoms with Crippen molar-refractivity contribution >= 4 is 51.0 Å². The summed E-state index contributed by atoms with van der Waals surface area (Å²) >= 11 is -0.471. The molecule has 2 aliphatic heterocycles. The number of β-lactam (4-membered cyclic amide) rings is 1. The second kappa shape index (κ2) is 11.3. The Morgan fingerprint density at radius 3 is 2.37 bits per heavy atom. The monoisotopic (exact) mass is 585 g/mol. The van der Waals surface area contributed by atoms with Crippen LogP contribution in [0.5, 0.6) is 0 Å². The number of carbonyl (C=O) groups is 3. The molecule has 4 aromatic rings. The van der Waals surface area contributed by atoms with E-state index in [-0.39, 0.29) is 16.6 Å². The number of nitrogens with two attached hydrogens (primary N) is 1. The molecule has 3 atom stereocenters. The van der Waals surface area contributed by atoms with E-state index in [4.69, 9.17) is 10.5 Å². The summed E-state index contributed by atoms with van der Waals surface area (Å²) in [6.07, 6.45) is 3.70. The molecule has 2 aromatic heterocycles. The highest BCUT2D eigenvalue weighted by molar-refractivity contribution is 7.92. The number of nitrogens with zero attached hydrogens (tertiary/aromatic N) is 3. The number of anilines is 1. The van der Waals surface area contributed by atoms with Gasteiger partial charge in [-0.2, -0.15) is 0 Å². The molecule has 6 rings (SSSR count). The maximum Gasteiger partial charge on any atom is 0.356 e. The number of fused-ring (bicyclic) bond motifs is 1. The largest absolute Gasteiger partial charge is 0.614 e. The van der Waals surface area contributed by atoms with Gasteiger partial charge in [0.25, 0.3) is 11.8 Å². The van der Waals surface area contributed by atoms with Gasteiger partial charge in [0.05, 0.1) is 16.0 Å². The summed E-state index contributed by atoms with van der Waals surface area (Å²) in [7, 11) is 0. The molecule has 0 radical (unpaired) electrons. The van der Waals surface area contributed by atoms with Gasteiger partial charge in [-0.1, -0.05) is 72.0 Å². The van der Waals surface area contributed by atoms with E-state index < -0.39 is 46.5 Å². The first-order valence-electron chi connectivity index (χ1n) is 12.6. The molecule has 4 heterocycles. The van der Waals surface area contributed by atoms with Crippen molar-refractivity contribution in [3.63, 3.8) is 0 Å². The Morgan fingerprint density at radius 2 is 1.73 bits per heavy atom. The molecule has 2 aromatic carbocycles. The number of hydrogen-bond acceptors (Lipinski definition) is 9. The van der Waals surface area contributed by atoms with Gasteiger partial charge in [0, 0.05) is 18.6 Å². The molecule has 0 aliphatic carbocycles. The van der Waals surface area contributed by atoms with Gasteiger partial charge >= 0.3 is 5.97 Å². The molecule has 2 amide bonds. The first-order valence-corrected chi connectivity index (χ1v) is 14.8. The van der Waals surface area contributed by atoms with Crippen molar-refractivity contribution < 1.29 is 23.7 Å². The van der Waals surface area contributed by atoms with Crippen molar-refractivity contribution in [2.24, 2.45) is 5.73 Å². The van der Waals surface area contributed by atoms with E-state index in [1.54, 1.807) is 18.3 Å². The minimum Gasteiger partial charge on any atom is -0.614 e. The third kappa shape index (κ3) is 5.13. The molecular weight excluding hydrogens is 562 g/mol. The fourth-order valence-electron chi connectivity index (χ4n) is 4.74. The maximum absolute atomic E-state index is 14.0. The SMILES string of the molecule is NC1C(=O)N2C(C(=O)OC(c3ccccc3)c3ccccc3)=C(c3cnc(NC(=O)c4cccnc4)s3)C[S+]([O-])C12. The number of amides is 2. The lowest BCUT2D eigenvalue weighted by atomic mass is 10.0. The Hall–Kier alpha value is -4.36. The zero-order valence-corrected chi connectivity index (χ0v) is 23.0. The van der Waals surface area contributed by atoms with Crippen LogP contribution in [0.1, 0.15) is 32.5 Å². The van der Waals surface area contributed by atoms with Crippen LogP contribution in [0.2, 0.25) is 0 Å². The van der Waals surface area contributed by atoms with Crippen molar-refractivity contribution in [1.82, 2.24) is 14.9 Å². The van der Waals surface area contributed by atoms with Crippen LogP contribution in [0, 0.1) is 0 Å². The predicted molar refractivity (Wildman–Crippen MR) is 154 cm³/mol. The van der Waals surface area contributed by atoms with E-state index in [1.807, 2.05) is 60.7 Å². The number of thiazole rings is 1. The van der Waals surface area contributed by atoms with Crippen LogP contribution in [0.4, 0.5) is 5.13 Å². The molecule has 206 valence electrons. The summed E-state index contributed by atoms with van der Waals surface area (Å²) in [5.41, 5.74) is 8.15. The van der Waals surface area contributed by atoms with Crippen molar-refractivity contribution in [3.8, 4) is 0 Å². The lowest BCUT2D eigenvalue weighted by Crippen LogP contribution is -2.73. The molecule has 0 spiro atoms. The molecule has 3 N–H and O–H groups in total. The van der Waals surface area contributed by atoms with Crippen LogP contribution in [-0.4, -0.2) is 54.4 Å². The van der Waals surface area contributed by atoms with Crippen molar-refractivity contribution in [1.29, 1.82) is 0 Å². The molecule has 41 heavy (non-hydrogen) atoms. The van der Waals surface area contributed by atoms with E-state index in [2.05, 4.69) is 15.3 Å². The van der Waals surface area contributed by atoms with Crippen LogP contribution in [-0.2, 0) is 25.5 Å². The van der Waals surface area contributed by atoms with Crippen molar-refractivity contribution in [3.05, 3.63) is 119 Å². The topological polar surface area (TPSA) is 151 Å². The Bertz CT molecular complexity index is 1590. The molecule has 0 bridgehead atoms. The fourth-order valence-corrected chi connectivity index (χ4v) is 7.32. The summed E-state index contributed by atoms with van der Waals surface area (Å²) in [5.74, 6) is -1.71. The van der Waals surface area contributed by atoms with Gasteiger partial charge in [-0.15, -0.1) is 0 Å². The normalized spacial score (nSPS) is 19.9. The van der Waals surface area contributed by atoms with E-state index in [0.29, 0.717) is 16.0 Å². The van der Waals surface area contributed by atoms with Gasteiger partial charge in [-0.05, 0) is 34.4 Å². The molecule has 3 unspecified atom stereocenters. The number of carbonyl (C=O) groups excluding carboxylic acids is 3. The van der Waals surface area contributed by atoms with Crippen molar-refractivity contribution in [2.75, 3.05) is 11.1 Å². The van der Waals surface area contributed by atoms with Crippen LogP contribution in [0.15, 0.2) is 97.1 Å². The highest BCUT2D eigenvalue weighted by Crippen LogP contribution is 2.42. The summed E-state index contributed by atoms with van der Waals surface area (Å²) in [6.45, 7) is 0. The van der Waals surface area contributed by atoms with E-state index in [9.17, 15) is 18.9 Å². The lowest BCUT2D eigenvalue weighted by Gasteiger charge is -2.47. The smallest absolute Gasteiger partial charge is 0.356 e. The molecule has 1 saturated heterocycles. The average molecular weight is 586 g/mol. The van der Waals surface area contributed by atoms with E-state index >= 15 is 0 Å². The van der Waals surface area contributed by atoms with Gasteiger partial charge in [-0.3, -0.25) is 24.8 Å². The Balaban J connectivity index is 1.37. The highest BCUT2D eigenvalue weighted by Gasteiger charge is 2.59. The van der Waals surface area contributed by atoms with Crippen LogP contribution < -0.4 is 11.1 Å². The third-order valence-corrected chi connectivity index (χ3v) is 9.33. The summed E-state index contributed by atoms with van der Waals surface area (Å²) < 4.78 is 19.2. The standard InChI is InChI=1S/C29H23N5O5S2/c30-22-26(36)34-23(28(37)39-24(17-8-3-1-4-9-17)18-10-5-2-6-11-18)20(16-41(38)27(22)34)21-15-32-29(40-21)33-25(35)19-12-7-13-31-14-19/h1-15,22,24,27H,16,30H2,(H,32,33,35). The zero-order chi connectivity index (χ0) is 28.5. The lowest BCUT2D eigenvalue weighted by molar-refractivity contribution is -0.153. The van der Waals surface area contributed by atoms with Gasteiger partial charge in [0.15, 0.2) is 17.3 Å². The Kier molecular flexibility index (Phi) is 7.37. The fraction of sp³-hybridized carbons (Fsp3) is 0.138. The van der Waals surface area contributed by atoms with Gasteiger partial charge in [0.2, 0.25) is 5.37 Å². The highest BCUT2D eigenvalue weighted by atomic mass is 32.2. The molecule has 2 aliphatic rings. The predicted octanol–water partition coefficient (Wildman–Crippen LogP) is 3.09. The number of nitrogens with one attached hydrogen (secondary N) is 1. The molecular formula is C29H23N5O5S2. The third-order valence-electron chi connectivity index (χ3n) is 6.74. The number of ether oxygens (including phenoxy) is 1. The Labute approximate surface area is 242 Å².